The van der Waals surface area contributed by atoms with E-state index in [9.17, 15) is 4.79 Å². The van der Waals surface area contributed by atoms with Gasteiger partial charge in [0, 0.05) is 19.3 Å². The zero-order valence-corrected chi connectivity index (χ0v) is 14.6. The predicted molar refractivity (Wildman–Crippen MR) is 88.1 cm³/mol. The molecule has 0 bridgehead atoms. The lowest BCUT2D eigenvalue weighted by Crippen LogP contribution is -2.36. The maximum Gasteiger partial charge on any atom is 0.251 e. The SMILES string of the molecule is CCC.CCC(=O)c1ccc(OC)c2c1OC(CC)(CC)O2. The molecule has 0 spiro atoms. The van der Waals surface area contributed by atoms with E-state index in [0.717, 1.165) is 0 Å². The van der Waals surface area contributed by atoms with Gasteiger partial charge < -0.3 is 14.2 Å². The molecule has 0 aromatic heterocycles. The highest BCUT2D eigenvalue weighted by Gasteiger charge is 2.42. The van der Waals surface area contributed by atoms with Gasteiger partial charge in [-0.05, 0) is 12.1 Å². The third-order valence-corrected chi connectivity index (χ3v) is 3.57. The van der Waals surface area contributed by atoms with Crippen molar-refractivity contribution in [3.8, 4) is 17.2 Å². The number of carbonyl (C=O) groups is 1. The zero-order valence-electron chi connectivity index (χ0n) is 14.6. The van der Waals surface area contributed by atoms with Gasteiger partial charge in [-0.15, -0.1) is 0 Å². The maximum atomic E-state index is 12.0. The molecule has 0 amide bonds. The fraction of sp³-hybridized carbons (Fsp3) is 0.611. The summed E-state index contributed by atoms with van der Waals surface area (Å²) >= 11 is 0. The number of rotatable bonds is 5. The predicted octanol–water partition coefficient (Wildman–Crippen LogP) is 4.99. The van der Waals surface area contributed by atoms with Crippen LogP contribution in [0.15, 0.2) is 12.1 Å². The van der Waals surface area contributed by atoms with E-state index in [1.165, 1.54) is 6.42 Å². The van der Waals surface area contributed by atoms with Crippen molar-refractivity contribution in [2.45, 2.75) is 66.1 Å². The van der Waals surface area contributed by atoms with Gasteiger partial charge in [0.2, 0.25) is 5.75 Å². The van der Waals surface area contributed by atoms with Crippen LogP contribution in [0, 0.1) is 0 Å². The Bertz CT molecular complexity index is 504. The molecule has 1 aliphatic heterocycles. The molecule has 1 aromatic carbocycles. The lowest BCUT2D eigenvalue weighted by molar-refractivity contribution is -0.0850. The molecule has 0 fully saturated rings. The van der Waals surface area contributed by atoms with Crippen molar-refractivity contribution < 1.29 is 19.0 Å². The van der Waals surface area contributed by atoms with Crippen molar-refractivity contribution in [3.63, 3.8) is 0 Å². The third-order valence-electron chi connectivity index (χ3n) is 3.57. The van der Waals surface area contributed by atoms with Crippen molar-refractivity contribution >= 4 is 5.78 Å². The van der Waals surface area contributed by atoms with Crippen LogP contribution in [0.2, 0.25) is 0 Å². The average Bonchev–Trinajstić information content (AvgIpc) is 2.94. The van der Waals surface area contributed by atoms with E-state index >= 15 is 0 Å². The van der Waals surface area contributed by atoms with Crippen LogP contribution >= 0.6 is 0 Å². The first-order valence-electron chi connectivity index (χ1n) is 8.14. The minimum atomic E-state index is -0.681. The Morgan fingerprint density at radius 2 is 1.59 bits per heavy atom. The summed E-state index contributed by atoms with van der Waals surface area (Å²) < 4.78 is 17.2. The Morgan fingerprint density at radius 3 is 2.05 bits per heavy atom. The highest BCUT2D eigenvalue weighted by atomic mass is 16.7. The van der Waals surface area contributed by atoms with Crippen LogP contribution in [-0.2, 0) is 0 Å². The first-order valence-corrected chi connectivity index (χ1v) is 8.14. The Morgan fingerprint density at radius 1 is 1.05 bits per heavy atom. The van der Waals surface area contributed by atoms with Gasteiger partial charge in [0.05, 0.1) is 12.7 Å². The highest BCUT2D eigenvalue weighted by molar-refractivity contribution is 6.00. The average molecular weight is 308 g/mol. The number of ether oxygens (including phenoxy) is 3. The molecule has 1 aliphatic rings. The van der Waals surface area contributed by atoms with E-state index in [-0.39, 0.29) is 5.78 Å². The van der Waals surface area contributed by atoms with Crippen molar-refractivity contribution in [2.75, 3.05) is 7.11 Å². The molecule has 4 heteroatoms. The molecule has 0 saturated carbocycles. The van der Waals surface area contributed by atoms with Crippen molar-refractivity contribution in [3.05, 3.63) is 17.7 Å². The first-order chi connectivity index (χ1) is 10.5. The minimum absolute atomic E-state index is 0.0468. The van der Waals surface area contributed by atoms with Gasteiger partial charge in [0.1, 0.15) is 0 Å². The second-order valence-corrected chi connectivity index (χ2v) is 5.28. The third kappa shape index (κ3) is 3.54. The Hall–Kier alpha value is -1.71. The summed E-state index contributed by atoms with van der Waals surface area (Å²) in [5.74, 6) is 1.04. The van der Waals surface area contributed by atoms with Gasteiger partial charge in [-0.25, -0.2) is 0 Å². The highest BCUT2D eigenvalue weighted by Crippen LogP contribution is 2.50. The topological polar surface area (TPSA) is 44.8 Å². The van der Waals surface area contributed by atoms with Gasteiger partial charge in [-0.1, -0.05) is 41.0 Å². The van der Waals surface area contributed by atoms with Crippen LogP contribution in [0.5, 0.6) is 17.2 Å². The molecule has 0 saturated heterocycles. The summed E-state index contributed by atoms with van der Waals surface area (Å²) in [4.78, 5) is 12.0. The summed E-state index contributed by atoms with van der Waals surface area (Å²) in [6, 6.07) is 3.50. The molecule has 0 aliphatic carbocycles. The fourth-order valence-electron chi connectivity index (χ4n) is 2.24. The second-order valence-electron chi connectivity index (χ2n) is 5.28. The van der Waals surface area contributed by atoms with E-state index in [1.54, 1.807) is 19.2 Å². The van der Waals surface area contributed by atoms with Gasteiger partial charge >= 0.3 is 0 Å². The number of benzene rings is 1. The monoisotopic (exact) mass is 308 g/mol. The first kappa shape index (κ1) is 18.3. The van der Waals surface area contributed by atoms with E-state index in [4.69, 9.17) is 14.2 Å². The van der Waals surface area contributed by atoms with E-state index in [1.807, 2.05) is 20.8 Å². The molecule has 4 nitrogen and oxygen atoms in total. The largest absolute Gasteiger partial charge is 0.493 e. The summed E-state index contributed by atoms with van der Waals surface area (Å²) in [6.07, 6.45) is 3.11. The molecule has 2 rings (SSSR count). The number of methoxy groups -OCH3 is 1. The van der Waals surface area contributed by atoms with Crippen molar-refractivity contribution in [1.29, 1.82) is 0 Å². The number of hydrogen-bond donors (Lipinski definition) is 0. The second kappa shape index (κ2) is 8.06. The quantitative estimate of drug-likeness (QED) is 0.719. The Kier molecular flexibility index (Phi) is 6.72. The number of carbonyl (C=O) groups excluding carboxylic acids is 1. The van der Waals surface area contributed by atoms with Crippen LogP contribution in [0.4, 0.5) is 0 Å². The summed E-state index contributed by atoms with van der Waals surface area (Å²) in [6.45, 7) is 10.1. The van der Waals surface area contributed by atoms with Crippen LogP contribution in [0.25, 0.3) is 0 Å². The van der Waals surface area contributed by atoms with Gasteiger partial charge in [0.15, 0.2) is 17.3 Å². The molecule has 1 aromatic rings. The fourth-order valence-corrected chi connectivity index (χ4v) is 2.24. The minimum Gasteiger partial charge on any atom is -0.493 e. The molecule has 0 atom stereocenters. The molecule has 1 heterocycles. The van der Waals surface area contributed by atoms with E-state index < -0.39 is 5.79 Å². The standard InChI is InChI=1S/C15H20O4.C3H8/c1-5-11(16)10-8-9-12(17-4)14-13(10)18-15(6-2,7-3)19-14;1-3-2/h8-9H,5-7H2,1-4H3;3H2,1-2H3. The summed E-state index contributed by atoms with van der Waals surface area (Å²) in [7, 11) is 1.58. The lowest BCUT2D eigenvalue weighted by atomic mass is 10.1. The molecule has 124 valence electrons. The molecule has 0 N–H and O–H groups in total. The Labute approximate surface area is 133 Å². The zero-order chi connectivity index (χ0) is 16.8. The number of ketones is 1. The smallest absolute Gasteiger partial charge is 0.251 e. The van der Waals surface area contributed by atoms with Gasteiger partial charge in [-0.3, -0.25) is 4.79 Å². The number of Topliss-reactive ketones (excluding diaryl/α,β-unsaturated/α-hetero) is 1. The molecule has 0 unspecified atom stereocenters. The molecule has 22 heavy (non-hydrogen) atoms. The normalized spacial score (nSPS) is 14.1. The van der Waals surface area contributed by atoms with E-state index in [0.29, 0.717) is 42.1 Å². The maximum absolute atomic E-state index is 12.0. The van der Waals surface area contributed by atoms with Crippen LogP contribution in [0.1, 0.15) is 70.7 Å². The molecular weight excluding hydrogens is 280 g/mol. The van der Waals surface area contributed by atoms with Crippen LogP contribution < -0.4 is 14.2 Å². The lowest BCUT2D eigenvalue weighted by Gasteiger charge is -2.24. The van der Waals surface area contributed by atoms with Gasteiger partial charge in [-0.2, -0.15) is 0 Å². The van der Waals surface area contributed by atoms with Crippen molar-refractivity contribution in [2.24, 2.45) is 0 Å². The molecule has 0 radical (unpaired) electrons. The van der Waals surface area contributed by atoms with E-state index in [2.05, 4.69) is 13.8 Å². The van der Waals surface area contributed by atoms with Crippen LogP contribution in [-0.4, -0.2) is 18.7 Å². The van der Waals surface area contributed by atoms with Crippen LogP contribution in [0.3, 0.4) is 0 Å². The number of fused-ring (bicyclic) bond motifs is 1. The number of hydrogen-bond acceptors (Lipinski definition) is 4. The summed E-state index contributed by atoms with van der Waals surface area (Å²) in [5.41, 5.74) is 0.571. The van der Waals surface area contributed by atoms with Gasteiger partial charge in [0.25, 0.3) is 5.79 Å². The van der Waals surface area contributed by atoms with Crippen molar-refractivity contribution in [1.82, 2.24) is 0 Å². The Balaban J connectivity index is 0.000000745. The summed E-state index contributed by atoms with van der Waals surface area (Å²) in [5, 5.41) is 0. The molecular formula is C18H28O4.